The lowest BCUT2D eigenvalue weighted by Crippen LogP contribution is -2.11. The van der Waals surface area contributed by atoms with Crippen molar-refractivity contribution in [2.24, 2.45) is 29.6 Å². The van der Waals surface area contributed by atoms with Crippen molar-refractivity contribution in [3.05, 3.63) is 6.92 Å². The molecule has 0 aromatic rings. The maximum Gasteiger partial charge on any atom is -0.0388 e. The highest BCUT2D eigenvalue weighted by Crippen LogP contribution is 2.26. The van der Waals surface area contributed by atoms with Crippen LogP contribution in [0.5, 0.6) is 0 Å². The molecule has 3 atom stereocenters. The summed E-state index contributed by atoms with van der Waals surface area (Å²) in [5, 5.41) is 0. The molecule has 0 N–H and O–H groups in total. The predicted octanol–water partition coefficient (Wildman–Crippen LogP) is 5.97. The Morgan fingerprint density at radius 2 is 1.29 bits per heavy atom. The van der Waals surface area contributed by atoms with Crippen LogP contribution in [0, 0.1) is 36.5 Å². The molecule has 0 spiro atoms. The Labute approximate surface area is 111 Å². The Kier molecular flexibility index (Phi) is 9.00. The molecule has 0 nitrogen and oxygen atoms in total. The molecule has 0 amide bonds. The van der Waals surface area contributed by atoms with Gasteiger partial charge in [0.2, 0.25) is 0 Å². The van der Waals surface area contributed by atoms with Crippen LogP contribution in [0.1, 0.15) is 73.6 Å². The van der Waals surface area contributed by atoms with Gasteiger partial charge in [-0.2, -0.15) is 0 Å². The smallest absolute Gasteiger partial charge is 0.0388 e. The fraction of sp³-hybridized carbons (Fsp3) is 0.941. The van der Waals surface area contributed by atoms with Crippen LogP contribution < -0.4 is 0 Å². The van der Waals surface area contributed by atoms with Gasteiger partial charge in [0.1, 0.15) is 0 Å². The lowest BCUT2D eigenvalue weighted by Gasteiger charge is -2.22. The van der Waals surface area contributed by atoms with E-state index < -0.39 is 0 Å². The summed E-state index contributed by atoms with van der Waals surface area (Å²) in [4.78, 5) is 0. The Balaban J connectivity index is 3.72. The zero-order valence-corrected chi connectivity index (χ0v) is 13.1. The highest BCUT2D eigenvalue weighted by atomic mass is 14.2. The summed E-state index contributed by atoms with van der Waals surface area (Å²) in [6.45, 7) is 18.4. The molecule has 1 radical (unpaired) electrons. The molecule has 17 heavy (non-hydrogen) atoms. The number of hydrogen-bond acceptors (Lipinski definition) is 0. The minimum absolute atomic E-state index is 0.656. The first-order valence-corrected chi connectivity index (χ1v) is 7.66. The average molecular weight is 239 g/mol. The van der Waals surface area contributed by atoms with Crippen molar-refractivity contribution in [2.75, 3.05) is 0 Å². The third-order valence-electron chi connectivity index (χ3n) is 3.91. The van der Waals surface area contributed by atoms with Gasteiger partial charge in [-0.05, 0) is 49.4 Å². The van der Waals surface area contributed by atoms with Gasteiger partial charge in [-0.25, -0.2) is 0 Å². The summed E-state index contributed by atoms with van der Waals surface area (Å²) in [7, 11) is 0. The highest BCUT2D eigenvalue weighted by molar-refractivity contribution is 4.71. The zero-order valence-electron chi connectivity index (χ0n) is 13.1. The number of rotatable bonds is 9. The largest absolute Gasteiger partial charge is 0.0628 e. The normalized spacial score (nSPS) is 17.5. The van der Waals surface area contributed by atoms with Crippen LogP contribution in [-0.4, -0.2) is 0 Å². The van der Waals surface area contributed by atoms with Crippen molar-refractivity contribution in [2.45, 2.75) is 73.6 Å². The molecular weight excluding hydrogens is 204 g/mol. The second kappa shape index (κ2) is 9.00. The van der Waals surface area contributed by atoms with Crippen LogP contribution in [-0.2, 0) is 0 Å². The van der Waals surface area contributed by atoms with E-state index in [1.54, 1.807) is 0 Å². The maximum atomic E-state index is 4.37. The van der Waals surface area contributed by atoms with Crippen molar-refractivity contribution >= 4 is 0 Å². The third-order valence-corrected chi connectivity index (χ3v) is 3.91. The maximum absolute atomic E-state index is 4.37. The third kappa shape index (κ3) is 9.68. The number of hydrogen-bond donors (Lipinski definition) is 0. The molecule has 0 heteroatoms. The summed E-state index contributed by atoms with van der Waals surface area (Å²) in [5.41, 5.74) is 0. The quantitative estimate of drug-likeness (QED) is 0.465. The van der Waals surface area contributed by atoms with E-state index in [2.05, 4.69) is 48.5 Å². The molecule has 0 rings (SSSR count). The molecule has 0 aliphatic rings. The molecule has 0 fully saturated rings. The molecule has 0 aliphatic heterocycles. The van der Waals surface area contributed by atoms with Crippen molar-refractivity contribution in [1.29, 1.82) is 0 Å². The lowest BCUT2D eigenvalue weighted by atomic mass is 9.83. The zero-order chi connectivity index (χ0) is 13.4. The minimum Gasteiger partial charge on any atom is -0.0628 e. The summed E-state index contributed by atoms with van der Waals surface area (Å²) in [6, 6.07) is 0. The molecule has 103 valence electrons. The molecule has 0 saturated heterocycles. The van der Waals surface area contributed by atoms with Gasteiger partial charge in [0.05, 0.1) is 0 Å². The fourth-order valence-corrected chi connectivity index (χ4v) is 2.54. The van der Waals surface area contributed by atoms with Gasteiger partial charge in [-0.3, -0.25) is 0 Å². The van der Waals surface area contributed by atoms with E-state index in [0.29, 0.717) is 5.92 Å². The summed E-state index contributed by atoms with van der Waals surface area (Å²) in [5.74, 6) is 4.00. The Morgan fingerprint density at radius 1 is 0.706 bits per heavy atom. The van der Waals surface area contributed by atoms with Crippen LogP contribution in [0.4, 0.5) is 0 Å². The topological polar surface area (TPSA) is 0 Å². The minimum atomic E-state index is 0.656. The first kappa shape index (κ1) is 17.0. The van der Waals surface area contributed by atoms with Crippen molar-refractivity contribution in [1.82, 2.24) is 0 Å². The summed E-state index contributed by atoms with van der Waals surface area (Å²) >= 11 is 0. The first-order chi connectivity index (χ1) is 7.82. The van der Waals surface area contributed by atoms with Crippen molar-refractivity contribution < 1.29 is 0 Å². The second-order valence-corrected chi connectivity index (χ2v) is 7.02. The Bertz CT molecular complexity index is 169. The molecule has 3 unspecified atom stereocenters. The van der Waals surface area contributed by atoms with Gasteiger partial charge < -0.3 is 0 Å². The van der Waals surface area contributed by atoms with E-state index in [1.807, 2.05) is 0 Å². The molecule has 0 aromatic carbocycles. The lowest BCUT2D eigenvalue weighted by molar-refractivity contribution is 0.311. The average Bonchev–Trinajstić information content (AvgIpc) is 2.21. The van der Waals surface area contributed by atoms with Crippen LogP contribution in [0.25, 0.3) is 0 Å². The van der Waals surface area contributed by atoms with E-state index in [0.717, 1.165) is 23.7 Å². The van der Waals surface area contributed by atoms with Crippen molar-refractivity contribution in [3.63, 3.8) is 0 Å². The van der Waals surface area contributed by atoms with Crippen LogP contribution in [0.15, 0.2) is 0 Å². The van der Waals surface area contributed by atoms with Gasteiger partial charge in [0, 0.05) is 0 Å². The molecule has 0 bridgehead atoms. The summed E-state index contributed by atoms with van der Waals surface area (Å²) < 4.78 is 0. The van der Waals surface area contributed by atoms with Crippen LogP contribution in [0.2, 0.25) is 0 Å². The standard InChI is InChI=1S/C17H35/c1-13(2)8-10-16(6)17(7)11-9-15(5)12-14(3)4/h13-17H,7-12H2,1-6H3. The molecule has 0 heterocycles. The van der Waals surface area contributed by atoms with E-state index >= 15 is 0 Å². The van der Waals surface area contributed by atoms with Gasteiger partial charge in [0.25, 0.3) is 0 Å². The monoisotopic (exact) mass is 239 g/mol. The Morgan fingerprint density at radius 3 is 1.76 bits per heavy atom. The van der Waals surface area contributed by atoms with E-state index in [1.165, 1.54) is 32.1 Å². The van der Waals surface area contributed by atoms with Gasteiger partial charge in [-0.15, -0.1) is 0 Å². The highest BCUT2D eigenvalue weighted by Gasteiger charge is 2.14. The molecular formula is C17H35. The van der Waals surface area contributed by atoms with Gasteiger partial charge in [0.15, 0.2) is 0 Å². The SMILES string of the molecule is [CH2]C(CCC(C)CC(C)C)C(C)CCC(C)C. The van der Waals surface area contributed by atoms with Crippen LogP contribution >= 0.6 is 0 Å². The first-order valence-electron chi connectivity index (χ1n) is 7.66. The van der Waals surface area contributed by atoms with Crippen LogP contribution in [0.3, 0.4) is 0 Å². The predicted molar refractivity (Wildman–Crippen MR) is 79.9 cm³/mol. The van der Waals surface area contributed by atoms with E-state index in [-0.39, 0.29) is 0 Å². The fourth-order valence-electron chi connectivity index (χ4n) is 2.54. The molecule has 0 aliphatic carbocycles. The second-order valence-electron chi connectivity index (χ2n) is 7.02. The molecule has 0 aromatic heterocycles. The van der Waals surface area contributed by atoms with Crippen molar-refractivity contribution in [3.8, 4) is 0 Å². The van der Waals surface area contributed by atoms with Gasteiger partial charge >= 0.3 is 0 Å². The van der Waals surface area contributed by atoms with E-state index in [9.17, 15) is 0 Å². The molecule has 0 saturated carbocycles. The van der Waals surface area contributed by atoms with Gasteiger partial charge in [-0.1, -0.05) is 60.8 Å². The Hall–Kier alpha value is 0. The van der Waals surface area contributed by atoms with E-state index in [4.69, 9.17) is 0 Å². The summed E-state index contributed by atoms with van der Waals surface area (Å²) in [6.07, 6.45) is 6.75.